The number of carbonyl (C=O) groups is 1. The number of aromatic nitrogens is 3. The highest BCUT2D eigenvalue weighted by atomic mass is 32.2. The zero-order valence-corrected chi connectivity index (χ0v) is 21.5. The summed E-state index contributed by atoms with van der Waals surface area (Å²) in [5.74, 6) is 1.59. The molecular formula is C27H27N5O4S. The van der Waals surface area contributed by atoms with Crippen molar-refractivity contribution in [2.75, 3.05) is 11.1 Å². The number of anilines is 1. The zero-order chi connectivity index (χ0) is 26.4. The number of nitro groups is 1. The van der Waals surface area contributed by atoms with Gasteiger partial charge < -0.3 is 10.1 Å². The smallest absolute Gasteiger partial charge is 0.269 e. The third-order valence-corrected chi connectivity index (χ3v) is 6.52. The lowest BCUT2D eigenvalue weighted by molar-refractivity contribution is -0.384. The van der Waals surface area contributed by atoms with Crippen LogP contribution >= 0.6 is 11.8 Å². The fraction of sp³-hybridized carbons (Fsp3) is 0.222. The van der Waals surface area contributed by atoms with Crippen molar-refractivity contribution >= 4 is 29.0 Å². The predicted octanol–water partition coefficient (Wildman–Crippen LogP) is 6.17. The van der Waals surface area contributed by atoms with Crippen LogP contribution in [-0.4, -0.2) is 31.3 Å². The third-order valence-electron chi connectivity index (χ3n) is 5.59. The summed E-state index contributed by atoms with van der Waals surface area (Å²) < 4.78 is 8.07. The first-order valence-corrected chi connectivity index (χ1v) is 12.7. The number of nitrogens with one attached hydrogen (secondary N) is 1. The largest absolute Gasteiger partial charge is 0.483 e. The van der Waals surface area contributed by atoms with Gasteiger partial charge in [-0.3, -0.25) is 19.5 Å². The summed E-state index contributed by atoms with van der Waals surface area (Å²) >= 11 is 1.24. The zero-order valence-electron chi connectivity index (χ0n) is 20.7. The SMILES string of the molecule is CC(C)c1ccc(OC(C)c2nnc(SCC(=O)Nc3ccc([N+](=O)[O-])cc3)n2-c2ccccc2)cc1. The van der Waals surface area contributed by atoms with E-state index in [0.29, 0.717) is 22.6 Å². The Balaban J connectivity index is 1.49. The number of thioether (sulfide) groups is 1. The molecule has 0 radical (unpaired) electrons. The molecule has 37 heavy (non-hydrogen) atoms. The van der Waals surface area contributed by atoms with Gasteiger partial charge in [0.25, 0.3) is 5.69 Å². The molecular weight excluding hydrogens is 490 g/mol. The highest BCUT2D eigenvalue weighted by molar-refractivity contribution is 7.99. The number of carbonyl (C=O) groups excluding carboxylic acids is 1. The lowest BCUT2D eigenvalue weighted by Crippen LogP contribution is -2.15. The van der Waals surface area contributed by atoms with Crippen LogP contribution < -0.4 is 10.1 Å². The fourth-order valence-electron chi connectivity index (χ4n) is 3.64. The minimum atomic E-state index is -0.485. The summed E-state index contributed by atoms with van der Waals surface area (Å²) in [6.07, 6.45) is -0.402. The van der Waals surface area contributed by atoms with Crippen molar-refractivity contribution in [2.24, 2.45) is 0 Å². The summed E-state index contributed by atoms with van der Waals surface area (Å²) in [6.45, 7) is 6.20. The molecule has 190 valence electrons. The second-order valence-electron chi connectivity index (χ2n) is 8.64. The Labute approximate surface area is 219 Å². The van der Waals surface area contributed by atoms with Crippen LogP contribution in [0.3, 0.4) is 0 Å². The molecule has 0 bridgehead atoms. The van der Waals surface area contributed by atoms with Gasteiger partial charge in [0.1, 0.15) is 5.75 Å². The molecule has 0 saturated carbocycles. The second-order valence-corrected chi connectivity index (χ2v) is 9.58. The monoisotopic (exact) mass is 517 g/mol. The summed E-state index contributed by atoms with van der Waals surface area (Å²) in [4.78, 5) is 22.9. The van der Waals surface area contributed by atoms with E-state index >= 15 is 0 Å². The number of non-ortho nitro benzene ring substituents is 1. The normalized spacial score (nSPS) is 11.8. The molecule has 0 aliphatic rings. The maximum atomic E-state index is 12.6. The number of para-hydroxylation sites is 1. The Morgan fingerprint density at radius 3 is 2.30 bits per heavy atom. The Hall–Kier alpha value is -4.18. The molecule has 4 aromatic rings. The van der Waals surface area contributed by atoms with Crippen molar-refractivity contribution in [3.8, 4) is 11.4 Å². The predicted molar refractivity (Wildman–Crippen MR) is 143 cm³/mol. The first-order valence-electron chi connectivity index (χ1n) is 11.8. The Kier molecular flexibility index (Phi) is 8.19. The van der Waals surface area contributed by atoms with Crippen molar-refractivity contribution in [1.29, 1.82) is 0 Å². The highest BCUT2D eigenvalue weighted by Gasteiger charge is 2.22. The van der Waals surface area contributed by atoms with E-state index in [1.807, 2.05) is 54.0 Å². The molecule has 0 aliphatic heterocycles. The highest BCUT2D eigenvalue weighted by Crippen LogP contribution is 2.29. The first kappa shape index (κ1) is 25.9. The van der Waals surface area contributed by atoms with Gasteiger partial charge in [-0.1, -0.05) is 55.9 Å². The molecule has 3 aromatic carbocycles. The number of rotatable bonds is 10. The number of amides is 1. The molecule has 1 aromatic heterocycles. The van der Waals surface area contributed by atoms with Crippen LogP contribution in [0.25, 0.3) is 5.69 Å². The number of benzene rings is 3. The van der Waals surface area contributed by atoms with Gasteiger partial charge in [0.2, 0.25) is 5.91 Å². The topological polar surface area (TPSA) is 112 Å². The van der Waals surface area contributed by atoms with Gasteiger partial charge in [-0.05, 0) is 54.8 Å². The van der Waals surface area contributed by atoms with Gasteiger partial charge >= 0.3 is 0 Å². The summed E-state index contributed by atoms with van der Waals surface area (Å²) in [7, 11) is 0. The van der Waals surface area contributed by atoms with E-state index in [-0.39, 0.29) is 17.3 Å². The Bertz CT molecular complexity index is 1360. The number of ether oxygens (including phenoxy) is 1. The van der Waals surface area contributed by atoms with Crippen molar-refractivity contribution in [1.82, 2.24) is 14.8 Å². The molecule has 0 aliphatic carbocycles. The van der Waals surface area contributed by atoms with E-state index in [9.17, 15) is 14.9 Å². The van der Waals surface area contributed by atoms with E-state index < -0.39 is 11.0 Å². The number of nitro benzene ring substituents is 1. The average molecular weight is 518 g/mol. The van der Waals surface area contributed by atoms with Crippen LogP contribution in [0.5, 0.6) is 5.75 Å². The first-order chi connectivity index (χ1) is 17.8. The van der Waals surface area contributed by atoms with E-state index in [2.05, 4.69) is 41.5 Å². The molecule has 0 saturated heterocycles. The maximum Gasteiger partial charge on any atom is 0.269 e. The third kappa shape index (κ3) is 6.53. The van der Waals surface area contributed by atoms with Crippen LogP contribution in [-0.2, 0) is 4.79 Å². The van der Waals surface area contributed by atoms with Gasteiger partial charge in [0, 0.05) is 23.5 Å². The van der Waals surface area contributed by atoms with E-state index in [4.69, 9.17) is 4.74 Å². The van der Waals surface area contributed by atoms with E-state index in [0.717, 1.165) is 11.4 Å². The standard InChI is InChI=1S/C27H27N5O4S/c1-18(2)20-9-15-24(16-10-20)36-19(3)26-29-30-27(31(26)22-7-5-4-6-8-22)37-17-25(33)28-21-11-13-23(14-12-21)32(34)35/h4-16,18-19H,17H2,1-3H3,(H,28,33). The summed E-state index contributed by atoms with van der Waals surface area (Å²) in [5.41, 5.74) is 2.53. The molecule has 1 N–H and O–H groups in total. The lowest BCUT2D eigenvalue weighted by Gasteiger charge is -2.17. The summed E-state index contributed by atoms with van der Waals surface area (Å²) in [6, 6.07) is 23.4. The van der Waals surface area contributed by atoms with Crippen LogP contribution in [0.2, 0.25) is 0 Å². The number of hydrogen-bond donors (Lipinski definition) is 1. The Morgan fingerprint density at radius 1 is 1.00 bits per heavy atom. The quantitative estimate of drug-likeness (QED) is 0.152. The molecule has 1 heterocycles. The number of nitrogens with zero attached hydrogens (tertiary/aromatic N) is 4. The minimum Gasteiger partial charge on any atom is -0.483 e. The molecule has 1 amide bonds. The van der Waals surface area contributed by atoms with Gasteiger partial charge in [0.05, 0.1) is 10.7 Å². The molecule has 9 nitrogen and oxygen atoms in total. The van der Waals surface area contributed by atoms with E-state index in [1.54, 1.807) is 0 Å². The molecule has 0 fully saturated rings. The maximum absolute atomic E-state index is 12.6. The van der Waals surface area contributed by atoms with E-state index in [1.165, 1.54) is 41.6 Å². The van der Waals surface area contributed by atoms with Gasteiger partial charge in [0.15, 0.2) is 17.1 Å². The molecule has 1 atom stereocenters. The van der Waals surface area contributed by atoms with Gasteiger partial charge in [-0.2, -0.15) is 0 Å². The fourth-order valence-corrected chi connectivity index (χ4v) is 4.40. The van der Waals surface area contributed by atoms with Gasteiger partial charge in [-0.15, -0.1) is 10.2 Å². The van der Waals surface area contributed by atoms with Crippen LogP contribution in [0.1, 0.15) is 44.2 Å². The van der Waals surface area contributed by atoms with Crippen molar-refractivity contribution < 1.29 is 14.5 Å². The van der Waals surface area contributed by atoms with Crippen molar-refractivity contribution in [3.05, 3.63) is 100 Å². The van der Waals surface area contributed by atoms with Crippen molar-refractivity contribution in [2.45, 2.75) is 37.9 Å². The summed E-state index contributed by atoms with van der Waals surface area (Å²) in [5, 5.41) is 22.9. The lowest BCUT2D eigenvalue weighted by atomic mass is 10.0. The van der Waals surface area contributed by atoms with Crippen LogP contribution in [0.4, 0.5) is 11.4 Å². The molecule has 4 rings (SSSR count). The number of hydrogen-bond acceptors (Lipinski definition) is 7. The Morgan fingerprint density at radius 2 is 1.68 bits per heavy atom. The second kappa shape index (κ2) is 11.7. The van der Waals surface area contributed by atoms with Crippen LogP contribution in [0.15, 0.2) is 84.0 Å². The average Bonchev–Trinajstić information content (AvgIpc) is 3.33. The van der Waals surface area contributed by atoms with Crippen molar-refractivity contribution in [3.63, 3.8) is 0 Å². The molecule has 0 spiro atoms. The minimum absolute atomic E-state index is 0.0388. The molecule has 1 unspecified atom stereocenters. The molecule has 10 heteroatoms. The van der Waals surface area contributed by atoms with Gasteiger partial charge in [-0.25, -0.2) is 0 Å². The van der Waals surface area contributed by atoms with Crippen LogP contribution in [0, 0.1) is 10.1 Å².